The molecule has 110 valence electrons. The fourth-order valence-electron chi connectivity index (χ4n) is 1.81. The van der Waals surface area contributed by atoms with Crippen molar-refractivity contribution in [2.45, 2.75) is 9.92 Å². The summed E-state index contributed by atoms with van der Waals surface area (Å²) in [5.41, 5.74) is 0.686. The Morgan fingerprint density at radius 2 is 1.77 bits per heavy atom. The third-order valence-corrected chi connectivity index (χ3v) is 3.88. The molecule has 3 rings (SSSR count). The van der Waals surface area contributed by atoms with Crippen LogP contribution in [0.4, 0.5) is 5.69 Å². The lowest BCUT2D eigenvalue weighted by Gasteiger charge is -1.99. The van der Waals surface area contributed by atoms with Crippen LogP contribution in [0, 0.1) is 10.1 Å². The minimum atomic E-state index is -0.563. The van der Waals surface area contributed by atoms with Crippen molar-refractivity contribution in [1.29, 1.82) is 0 Å². The van der Waals surface area contributed by atoms with Gasteiger partial charge in [-0.3, -0.25) is 10.1 Å². The van der Waals surface area contributed by atoms with E-state index in [0.717, 1.165) is 11.8 Å². The van der Waals surface area contributed by atoms with Gasteiger partial charge in [0.2, 0.25) is 5.69 Å². The van der Waals surface area contributed by atoms with Crippen molar-refractivity contribution in [3.63, 3.8) is 0 Å². The lowest BCUT2D eigenvalue weighted by atomic mass is 10.3. The number of nitro groups is 1. The Bertz CT molecular complexity index is 803. The van der Waals surface area contributed by atoms with Crippen molar-refractivity contribution in [3.05, 3.63) is 64.7 Å². The van der Waals surface area contributed by atoms with Crippen LogP contribution in [-0.4, -0.2) is 10.2 Å². The maximum atomic E-state index is 11.8. The SMILES string of the molecule is O=[N+]([O-])c1ccc(Sc2c([O-])on[n+]2-c2ccccc2)cc1. The van der Waals surface area contributed by atoms with Gasteiger partial charge in [-0.25, -0.2) is 0 Å². The predicted molar refractivity (Wildman–Crippen MR) is 74.7 cm³/mol. The molecule has 1 heterocycles. The highest BCUT2D eigenvalue weighted by molar-refractivity contribution is 7.99. The van der Waals surface area contributed by atoms with E-state index in [9.17, 15) is 15.2 Å². The van der Waals surface area contributed by atoms with Gasteiger partial charge in [0.25, 0.3) is 5.69 Å². The van der Waals surface area contributed by atoms with Gasteiger partial charge in [0.1, 0.15) is 0 Å². The molecule has 0 aliphatic rings. The average molecular weight is 315 g/mol. The lowest BCUT2D eigenvalue weighted by Crippen LogP contribution is -2.34. The molecule has 0 fully saturated rings. The van der Waals surface area contributed by atoms with Crippen molar-refractivity contribution in [1.82, 2.24) is 5.27 Å². The first-order chi connectivity index (χ1) is 10.6. The molecule has 0 N–H and O–H groups in total. The van der Waals surface area contributed by atoms with Crippen LogP contribution >= 0.6 is 11.8 Å². The predicted octanol–water partition coefficient (Wildman–Crippen LogP) is 2.08. The molecular weight excluding hydrogens is 306 g/mol. The van der Waals surface area contributed by atoms with Gasteiger partial charge in [-0.15, -0.1) is 0 Å². The Hall–Kier alpha value is -2.87. The van der Waals surface area contributed by atoms with Gasteiger partial charge in [-0.1, -0.05) is 18.2 Å². The van der Waals surface area contributed by atoms with Crippen LogP contribution in [0.1, 0.15) is 0 Å². The zero-order chi connectivity index (χ0) is 15.5. The molecule has 0 saturated heterocycles. The fraction of sp³-hybridized carbons (Fsp3) is 0. The van der Waals surface area contributed by atoms with E-state index < -0.39 is 10.9 Å². The summed E-state index contributed by atoms with van der Waals surface area (Å²) in [6.45, 7) is 0. The van der Waals surface area contributed by atoms with E-state index in [1.54, 1.807) is 24.3 Å². The summed E-state index contributed by atoms with van der Waals surface area (Å²) >= 11 is 1.13. The summed E-state index contributed by atoms with van der Waals surface area (Å²) in [5, 5.41) is 26.5. The number of hydrogen-bond acceptors (Lipinski definition) is 6. The molecule has 0 atom stereocenters. The molecule has 0 aliphatic carbocycles. The summed E-state index contributed by atoms with van der Waals surface area (Å²) in [6.07, 6.45) is 0. The Kier molecular flexibility index (Phi) is 3.75. The summed E-state index contributed by atoms with van der Waals surface area (Å²) < 4.78 is 6.11. The fourth-order valence-corrected chi connectivity index (χ4v) is 2.65. The Morgan fingerprint density at radius 3 is 2.41 bits per heavy atom. The van der Waals surface area contributed by atoms with Gasteiger partial charge in [-0.2, -0.15) is 0 Å². The Morgan fingerprint density at radius 1 is 1.09 bits per heavy atom. The molecule has 3 aromatic rings. The first-order valence-corrected chi connectivity index (χ1v) is 7.03. The molecule has 0 spiro atoms. The minimum Gasteiger partial charge on any atom is -0.538 e. The van der Waals surface area contributed by atoms with Gasteiger partial charge >= 0.3 is 5.03 Å². The Balaban J connectivity index is 1.92. The number of non-ortho nitro benzene ring substituents is 1. The number of rotatable bonds is 4. The van der Waals surface area contributed by atoms with Crippen LogP contribution in [0.15, 0.2) is 69.0 Å². The third kappa shape index (κ3) is 2.77. The second kappa shape index (κ2) is 5.86. The molecule has 1 aromatic heterocycles. The van der Waals surface area contributed by atoms with E-state index in [1.165, 1.54) is 16.8 Å². The number of benzene rings is 2. The lowest BCUT2D eigenvalue weighted by molar-refractivity contribution is -0.705. The second-order valence-corrected chi connectivity index (χ2v) is 5.33. The van der Waals surface area contributed by atoms with E-state index in [1.807, 2.05) is 18.2 Å². The molecule has 0 amide bonds. The third-order valence-electron chi connectivity index (χ3n) is 2.84. The first kappa shape index (κ1) is 14.1. The normalized spacial score (nSPS) is 10.5. The minimum absolute atomic E-state index is 0.00653. The Labute approximate surface area is 128 Å². The molecule has 0 radical (unpaired) electrons. The molecule has 2 aromatic carbocycles. The molecule has 0 saturated carbocycles. The largest absolute Gasteiger partial charge is 0.538 e. The number of hydrogen-bond donors (Lipinski definition) is 0. The van der Waals surface area contributed by atoms with Gasteiger partial charge in [-0.05, 0) is 28.6 Å². The van der Waals surface area contributed by atoms with Crippen molar-refractivity contribution in [2.75, 3.05) is 0 Å². The number of para-hydroxylation sites is 1. The smallest absolute Gasteiger partial charge is 0.302 e. The molecular formula is C14H9N3O4S. The second-order valence-electron chi connectivity index (χ2n) is 4.27. The molecule has 7 nitrogen and oxygen atoms in total. The van der Waals surface area contributed by atoms with Crippen LogP contribution in [0.25, 0.3) is 5.69 Å². The summed E-state index contributed by atoms with van der Waals surface area (Å²) in [6, 6.07) is 15.0. The number of aromatic nitrogens is 2. The summed E-state index contributed by atoms with van der Waals surface area (Å²) in [7, 11) is 0. The van der Waals surface area contributed by atoms with Crippen molar-refractivity contribution < 1.29 is 19.2 Å². The van der Waals surface area contributed by atoms with Crippen LogP contribution in [-0.2, 0) is 0 Å². The first-order valence-electron chi connectivity index (χ1n) is 6.22. The van der Waals surface area contributed by atoms with Crippen molar-refractivity contribution >= 4 is 17.4 Å². The summed E-state index contributed by atoms with van der Waals surface area (Å²) in [5.74, 6) is -0.563. The highest BCUT2D eigenvalue weighted by Crippen LogP contribution is 2.31. The molecule has 0 aliphatic heterocycles. The zero-order valence-corrected chi connectivity index (χ0v) is 11.9. The molecule has 0 bridgehead atoms. The van der Waals surface area contributed by atoms with Crippen LogP contribution in [0.2, 0.25) is 0 Å². The number of nitrogens with zero attached hydrogens (tertiary/aromatic N) is 3. The van der Waals surface area contributed by atoms with E-state index in [2.05, 4.69) is 5.27 Å². The topological polar surface area (TPSA) is 96.1 Å². The number of nitro benzene ring substituents is 1. The van der Waals surface area contributed by atoms with Gasteiger partial charge in [0.05, 0.1) is 10.2 Å². The zero-order valence-electron chi connectivity index (χ0n) is 11.1. The van der Waals surface area contributed by atoms with E-state index in [4.69, 9.17) is 4.52 Å². The van der Waals surface area contributed by atoms with Crippen LogP contribution in [0.3, 0.4) is 0 Å². The maximum Gasteiger partial charge on any atom is 0.302 e. The molecule has 8 heteroatoms. The van der Waals surface area contributed by atoms with Gasteiger partial charge in [0.15, 0.2) is 5.95 Å². The van der Waals surface area contributed by atoms with Crippen molar-refractivity contribution in [3.8, 4) is 11.6 Å². The molecule has 22 heavy (non-hydrogen) atoms. The van der Waals surface area contributed by atoms with Gasteiger partial charge in [0, 0.05) is 29.2 Å². The van der Waals surface area contributed by atoms with E-state index >= 15 is 0 Å². The molecule has 0 unspecified atom stereocenters. The highest BCUT2D eigenvalue weighted by atomic mass is 32.2. The van der Waals surface area contributed by atoms with E-state index in [0.29, 0.717) is 10.6 Å². The van der Waals surface area contributed by atoms with E-state index in [-0.39, 0.29) is 10.7 Å². The van der Waals surface area contributed by atoms with Crippen LogP contribution < -0.4 is 9.79 Å². The monoisotopic (exact) mass is 315 g/mol. The average Bonchev–Trinajstić information content (AvgIpc) is 2.90. The standard InChI is InChI=1S/C14H9N3O4S/c18-14-13(16(15-21-14)10-4-2-1-3-5-10)22-12-8-6-11(7-9-12)17(19)20/h1-9H. The highest BCUT2D eigenvalue weighted by Gasteiger charge is 2.21. The quantitative estimate of drug-likeness (QED) is 0.415. The van der Waals surface area contributed by atoms with Crippen molar-refractivity contribution in [2.24, 2.45) is 0 Å². The maximum absolute atomic E-state index is 11.8. The van der Waals surface area contributed by atoms with Crippen LogP contribution in [0.5, 0.6) is 5.95 Å². The van der Waals surface area contributed by atoms with Gasteiger partial charge < -0.3 is 9.63 Å². The summed E-state index contributed by atoms with van der Waals surface area (Å²) in [4.78, 5) is 10.8.